The van der Waals surface area contributed by atoms with Gasteiger partial charge in [-0.15, -0.1) is 0 Å². The van der Waals surface area contributed by atoms with Crippen molar-refractivity contribution in [1.29, 1.82) is 0 Å². The van der Waals surface area contributed by atoms with E-state index in [1.54, 1.807) is 20.3 Å². The summed E-state index contributed by atoms with van der Waals surface area (Å²) in [5.41, 5.74) is 2.11. The highest BCUT2D eigenvalue weighted by Gasteiger charge is 2.28. The van der Waals surface area contributed by atoms with E-state index in [2.05, 4.69) is 0 Å². The van der Waals surface area contributed by atoms with E-state index in [1.807, 2.05) is 59.5 Å². The standard InChI is InChI=1S/C21H23NO3/c1-24-18-11-9-17(10-12-18)20-7-4-14-22(20)21(23)13-8-16-5-3-6-19(15-16)25-2/h3,5-6,8-13,15,20H,4,7,14H2,1-2H3/b13-8+/t20-/m0/s1. The minimum Gasteiger partial charge on any atom is -0.497 e. The van der Waals surface area contributed by atoms with Crippen molar-refractivity contribution in [3.8, 4) is 11.5 Å². The Bertz CT molecular complexity index is 752. The Balaban J connectivity index is 1.72. The van der Waals surface area contributed by atoms with Gasteiger partial charge in [0.05, 0.1) is 20.3 Å². The van der Waals surface area contributed by atoms with Crippen molar-refractivity contribution in [3.63, 3.8) is 0 Å². The van der Waals surface area contributed by atoms with Crippen LogP contribution in [0.25, 0.3) is 6.08 Å². The normalized spacial score (nSPS) is 17.0. The molecule has 1 heterocycles. The summed E-state index contributed by atoms with van der Waals surface area (Å²) in [6.45, 7) is 0.790. The number of carbonyl (C=O) groups is 1. The number of carbonyl (C=O) groups excluding carboxylic acids is 1. The van der Waals surface area contributed by atoms with Gasteiger partial charge >= 0.3 is 0 Å². The molecule has 0 spiro atoms. The Morgan fingerprint density at radius 3 is 2.56 bits per heavy atom. The zero-order chi connectivity index (χ0) is 17.6. The molecule has 0 N–H and O–H groups in total. The van der Waals surface area contributed by atoms with Crippen LogP contribution in [-0.4, -0.2) is 31.6 Å². The fourth-order valence-corrected chi connectivity index (χ4v) is 3.21. The number of methoxy groups -OCH3 is 2. The molecule has 0 aliphatic carbocycles. The van der Waals surface area contributed by atoms with E-state index >= 15 is 0 Å². The Morgan fingerprint density at radius 2 is 1.84 bits per heavy atom. The average Bonchev–Trinajstić information content (AvgIpc) is 3.16. The summed E-state index contributed by atoms with van der Waals surface area (Å²) >= 11 is 0. The molecule has 1 amide bonds. The highest BCUT2D eigenvalue weighted by atomic mass is 16.5. The lowest BCUT2D eigenvalue weighted by molar-refractivity contribution is -0.126. The second-order valence-electron chi connectivity index (χ2n) is 6.07. The first-order valence-corrected chi connectivity index (χ1v) is 8.48. The van der Waals surface area contributed by atoms with E-state index in [0.717, 1.165) is 42.0 Å². The van der Waals surface area contributed by atoms with Crippen molar-refractivity contribution in [2.45, 2.75) is 18.9 Å². The van der Waals surface area contributed by atoms with Crippen LogP contribution < -0.4 is 9.47 Å². The van der Waals surface area contributed by atoms with Crippen molar-refractivity contribution >= 4 is 12.0 Å². The third kappa shape index (κ3) is 4.02. The van der Waals surface area contributed by atoms with Gasteiger partial charge in [0.25, 0.3) is 0 Å². The summed E-state index contributed by atoms with van der Waals surface area (Å²) in [4.78, 5) is 14.6. The molecule has 1 aliphatic rings. The van der Waals surface area contributed by atoms with Crippen LogP contribution in [0, 0.1) is 0 Å². The summed E-state index contributed by atoms with van der Waals surface area (Å²) in [5, 5.41) is 0. The molecule has 25 heavy (non-hydrogen) atoms. The van der Waals surface area contributed by atoms with Crippen LogP contribution in [0.2, 0.25) is 0 Å². The zero-order valence-electron chi connectivity index (χ0n) is 14.6. The minimum absolute atomic E-state index is 0.0427. The highest BCUT2D eigenvalue weighted by Crippen LogP contribution is 2.33. The van der Waals surface area contributed by atoms with E-state index in [9.17, 15) is 4.79 Å². The zero-order valence-corrected chi connectivity index (χ0v) is 14.6. The molecule has 4 heteroatoms. The molecule has 0 unspecified atom stereocenters. The van der Waals surface area contributed by atoms with Crippen molar-refractivity contribution in [2.75, 3.05) is 20.8 Å². The SMILES string of the molecule is COc1ccc([C@@H]2CCCN2C(=O)/C=C/c2cccc(OC)c2)cc1. The van der Waals surface area contributed by atoms with E-state index < -0.39 is 0 Å². The van der Waals surface area contributed by atoms with Crippen LogP contribution in [-0.2, 0) is 4.79 Å². The number of rotatable bonds is 5. The molecule has 0 radical (unpaired) electrons. The Kier molecular flexibility index (Phi) is 5.39. The summed E-state index contributed by atoms with van der Waals surface area (Å²) in [6, 6.07) is 15.8. The minimum atomic E-state index is 0.0427. The number of hydrogen-bond donors (Lipinski definition) is 0. The lowest BCUT2D eigenvalue weighted by Gasteiger charge is -2.24. The van der Waals surface area contributed by atoms with E-state index in [-0.39, 0.29) is 11.9 Å². The molecule has 0 bridgehead atoms. The molecule has 2 aromatic rings. The maximum Gasteiger partial charge on any atom is 0.247 e. The largest absolute Gasteiger partial charge is 0.497 e. The van der Waals surface area contributed by atoms with E-state index in [0.29, 0.717) is 0 Å². The van der Waals surface area contributed by atoms with Crippen molar-refractivity contribution < 1.29 is 14.3 Å². The number of ether oxygens (including phenoxy) is 2. The first kappa shape index (κ1) is 17.1. The molecule has 1 saturated heterocycles. The second-order valence-corrected chi connectivity index (χ2v) is 6.07. The summed E-state index contributed by atoms with van der Waals surface area (Å²) < 4.78 is 10.4. The third-order valence-corrected chi connectivity index (χ3v) is 4.55. The van der Waals surface area contributed by atoms with E-state index in [4.69, 9.17) is 9.47 Å². The van der Waals surface area contributed by atoms with Gasteiger partial charge in [0.2, 0.25) is 5.91 Å². The summed E-state index contributed by atoms with van der Waals surface area (Å²) in [6.07, 6.45) is 5.51. The molecule has 130 valence electrons. The predicted octanol–water partition coefficient (Wildman–Crippen LogP) is 4.08. The van der Waals surface area contributed by atoms with Gasteiger partial charge in [0.15, 0.2) is 0 Å². The van der Waals surface area contributed by atoms with E-state index in [1.165, 1.54) is 0 Å². The molecule has 2 aromatic carbocycles. The molecular weight excluding hydrogens is 314 g/mol. The van der Waals surface area contributed by atoms with Gasteiger partial charge in [0.1, 0.15) is 11.5 Å². The molecule has 0 aromatic heterocycles. The number of hydrogen-bond acceptors (Lipinski definition) is 3. The molecule has 3 rings (SSSR count). The first-order valence-electron chi connectivity index (χ1n) is 8.48. The van der Waals surface area contributed by atoms with Crippen LogP contribution in [0.15, 0.2) is 54.6 Å². The highest BCUT2D eigenvalue weighted by molar-refractivity contribution is 5.92. The third-order valence-electron chi connectivity index (χ3n) is 4.55. The lowest BCUT2D eigenvalue weighted by atomic mass is 10.0. The van der Waals surface area contributed by atoms with Gasteiger partial charge in [-0.05, 0) is 54.3 Å². The van der Waals surface area contributed by atoms with Gasteiger partial charge in [-0.1, -0.05) is 24.3 Å². The smallest absolute Gasteiger partial charge is 0.247 e. The van der Waals surface area contributed by atoms with Crippen molar-refractivity contribution in [2.24, 2.45) is 0 Å². The topological polar surface area (TPSA) is 38.8 Å². The molecular formula is C21H23NO3. The second kappa shape index (κ2) is 7.88. The maximum absolute atomic E-state index is 12.7. The van der Waals surface area contributed by atoms with Crippen LogP contribution in [0.1, 0.15) is 30.0 Å². The first-order chi connectivity index (χ1) is 12.2. The quantitative estimate of drug-likeness (QED) is 0.772. The average molecular weight is 337 g/mol. The molecule has 1 atom stereocenters. The number of amides is 1. The Hall–Kier alpha value is -2.75. The predicted molar refractivity (Wildman–Crippen MR) is 98.7 cm³/mol. The molecule has 4 nitrogen and oxygen atoms in total. The van der Waals surface area contributed by atoms with Crippen LogP contribution in [0.5, 0.6) is 11.5 Å². The van der Waals surface area contributed by atoms with Crippen LogP contribution in [0.3, 0.4) is 0 Å². The van der Waals surface area contributed by atoms with Crippen molar-refractivity contribution in [1.82, 2.24) is 4.90 Å². The van der Waals surface area contributed by atoms with Gasteiger partial charge in [-0.3, -0.25) is 4.79 Å². The molecule has 1 aliphatic heterocycles. The summed E-state index contributed by atoms with van der Waals surface area (Å²) in [5.74, 6) is 1.66. The Morgan fingerprint density at radius 1 is 1.08 bits per heavy atom. The lowest BCUT2D eigenvalue weighted by Crippen LogP contribution is -2.28. The summed E-state index contributed by atoms with van der Waals surface area (Å²) in [7, 11) is 3.29. The molecule has 0 saturated carbocycles. The number of benzene rings is 2. The monoisotopic (exact) mass is 337 g/mol. The number of nitrogens with zero attached hydrogens (tertiary/aromatic N) is 1. The maximum atomic E-state index is 12.7. The number of likely N-dealkylation sites (tertiary alicyclic amines) is 1. The van der Waals surface area contributed by atoms with Gasteiger partial charge in [-0.2, -0.15) is 0 Å². The molecule has 1 fully saturated rings. The Labute approximate surface area is 148 Å². The fraction of sp³-hybridized carbons (Fsp3) is 0.286. The van der Waals surface area contributed by atoms with Gasteiger partial charge in [0, 0.05) is 12.6 Å². The van der Waals surface area contributed by atoms with Crippen LogP contribution in [0.4, 0.5) is 0 Å². The van der Waals surface area contributed by atoms with Gasteiger partial charge in [-0.25, -0.2) is 0 Å². The van der Waals surface area contributed by atoms with Gasteiger partial charge < -0.3 is 14.4 Å². The van der Waals surface area contributed by atoms with Crippen LogP contribution >= 0.6 is 0 Å². The fourth-order valence-electron chi connectivity index (χ4n) is 3.21. The van der Waals surface area contributed by atoms with Crippen molar-refractivity contribution in [3.05, 3.63) is 65.7 Å².